The zero-order valence-electron chi connectivity index (χ0n) is 8.26. The molecule has 2 fully saturated rings. The molecule has 1 heteroatoms. The molecule has 1 nitrogen and oxygen atoms in total. The van der Waals surface area contributed by atoms with Gasteiger partial charge in [0.05, 0.1) is 0 Å². The molecule has 2 rings (SSSR count). The molecular weight excluding hydrogens is 146 g/mol. The summed E-state index contributed by atoms with van der Waals surface area (Å²) in [6, 6.07) is 0.970. The van der Waals surface area contributed by atoms with Crippen LogP contribution in [0.15, 0.2) is 0 Å². The van der Waals surface area contributed by atoms with Crippen LogP contribution in [0.3, 0.4) is 0 Å². The first-order valence-corrected chi connectivity index (χ1v) is 5.66. The van der Waals surface area contributed by atoms with Gasteiger partial charge < -0.3 is 4.90 Å². The highest BCUT2D eigenvalue weighted by atomic mass is 15.2. The van der Waals surface area contributed by atoms with Crippen molar-refractivity contribution in [1.82, 2.24) is 4.90 Å². The Kier molecular flexibility index (Phi) is 2.69. The van der Waals surface area contributed by atoms with E-state index in [-0.39, 0.29) is 0 Å². The average molecular weight is 167 g/mol. The molecule has 0 aromatic heterocycles. The summed E-state index contributed by atoms with van der Waals surface area (Å²) in [6.07, 6.45) is 8.77. The molecule has 0 aromatic rings. The third kappa shape index (κ3) is 1.52. The molecule has 12 heavy (non-hydrogen) atoms. The van der Waals surface area contributed by atoms with Crippen molar-refractivity contribution in [2.45, 2.75) is 51.5 Å². The molecule has 2 aliphatic rings. The van der Waals surface area contributed by atoms with Crippen LogP contribution in [0.25, 0.3) is 0 Å². The molecule has 0 bridgehead atoms. The molecule has 2 aliphatic heterocycles. The van der Waals surface area contributed by atoms with Crippen molar-refractivity contribution >= 4 is 0 Å². The van der Waals surface area contributed by atoms with E-state index in [1.807, 2.05) is 0 Å². The van der Waals surface area contributed by atoms with Gasteiger partial charge in [0.25, 0.3) is 0 Å². The zero-order valence-corrected chi connectivity index (χ0v) is 8.26. The lowest BCUT2D eigenvalue weighted by Crippen LogP contribution is -2.47. The van der Waals surface area contributed by atoms with Gasteiger partial charge in [-0.05, 0) is 44.7 Å². The number of rotatable bonds is 1. The molecule has 2 saturated heterocycles. The SMILES string of the molecule is CC[C@H]1CCCN2CCCC[C@H]12. The molecule has 0 unspecified atom stereocenters. The van der Waals surface area contributed by atoms with E-state index in [9.17, 15) is 0 Å². The maximum atomic E-state index is 2.75. The van der Waals surface area contributed by atoms with E-state index in [0.29, 0.717) is 0 Å². The quantitative estimate of drug-likeness (QED) is 0.580. The average Bonchev–Trinajstić information content (AvgIpc) is 2.17. The molecule has 0 aliphatic carbocycles. The highest BCUT2D eigenvalue weighted by Gasteiger charge is 2.31. The van der Waals surface area contributed by atoms with Gasteiger partial charge in [0.1, 0.15) is 0 Å². The Labute approximate surface area is 76.1 Å². The zero-order chi connectivity index (χ0) is 8.39. The van der Waals surface area contributed by atoms with Crippen LogP contribution in [0.4, 0.5) is 0 Å². The molecular formula is C11H21N. The molecule has 2 atom stereocenters. The summed E-state index contributed by atoms with van der Waals surface area (Å²) in [5.41, 5.74) is 0. The minimum Gasteiger partial charge on any atom is -0.300 e. The lowest BCUT2D eigenvalue weighted by molar-refractivity contribution is 0.0580. The minimum absolute atomic E-state index is 0.970. The first kappa shape index (κ1) is 8.55. The lowest BCUT2D eigenvalue weighted by Gasteiger charge is -2.44. The number of hydrogen-bond donors (Lipinski definition) is 0. The fraction of sp³-hybridized carbons (Fsp3) is 1.00. The van der Waals surface area contributed by atoms with E-state index < -0.39 is 0 Å². The summed E-state index contributed by atoms with van der Waals surface area (Å²) in [4.78, 5) is 2.75. The van der Waals surface area contributed by atoms with E-state index in [1.54, 1.807) is 0 Å². The van der Waals surface area contributed by atoms with Gasteiger partial charge in [0, 0.05) is 6.04 Å². The van der Waals surface area contributed by atoms with Gasteiger partial charge in [-0.3, -0.25) is 0 Å². The minimum atomic E-state index is 0.970. The predicted octanol–water partition coefficient (Wildman–Crippen LogP) is 2.66. The summed E-state index contributed by atoms with van der Waals surface area (Å²) < 4.78 is 0. The van der Waals surface area contributed by atoms with Crippen molar-refractivity contribution in [2.24, 2.45) is 5.92 Å². The van der Waals surface area contributed by atoms with Crippen LogP contribution < -0.4 is 0 Å². The second-order valence-electron chi connectivity index (χ2n) is 4.41. The molecule has 0 aromatic carbocycles. The van der Waals surface area contributed by atoms with Gasteiger partial charge in [0.15, 0.2) is 0 Å². The second kappa shape index (κ2) is 3.78. The lowest BCUT2D eigenvalue weighted by atomic mass is 9.82. The van der Waals surface area contributed by atoms with Crippen molar-refractivity contribution in [2.75, 3.05) is 13.1 Å². The van der Waals surface area contributed by atoms with Crippen molar-refractivity contribution < 1.29 is 0 Å². The highest BCUT2D eigenvalue weighted by molar-refractivity contribution is 4.86. The number of piperidine rings is 2. The molecule has 0 spiro atoms. The van der Waals surface area contributed by atoms with E-state index in [2.05, 4.69) is 11.8 Å². The second-order valence-corrected chi connectivity index (χ2v) is 4.41. The topological polar surface area (TPSA) is 3.24 Å². The fourth-order valence-electron chi connectivity index (χ4n) is 3.05. The Morgan fingerprint density at radius 2 is 1.92 bits per heavy atom. The Hall–Kier alpha value is -0.0400. The van der Waals surface area contributed by atoms with E-state index in [1.165, 1.54) is 51.6 Å². The van der Waals surface area contributed by atoms with Gasteiger partial charge in [-0.2, -0.15) is 0 Å². The normalized spacial score (nSPS) is 37.8. The van der Waals surface area contributed by atoms with Crippen LogP contribution in [0.2, 0.25) is 0 Å². The fourth-order valence-corrected chi connectivity index (χ4v) is 3.05. The molecule has 70 valence electrons. The smallest absolute Gasteiger partial charge is 0.0123 e. The van der Waals surface area contributed by atoms with Gasteiger partial charge in [-0.1, -0.05) is 19.8 Å². The maximum absolute atomic E-state index is 2.75. The van der Waals surface area contributed by atoms with Crippen LogP contribution in [0.1, 0.15) is 45.4 Å². The third-order valence-corrected chi connectivity index (χ3v) is 3.75. The summed E-state index contributed by atoms with van der Waals surface area (Å²) in [5, 5.41) is 0. The van der Waals surface area contributed by atoms with Crippen LogP contribution >= 0.6 is 0 Å². The Bertz CT molecular complexity index is 135. The van der Waals surface area contributed by atoms with Crippen molar-refractivity contribution in [3.8, 4) is 0 Å². The molecule has 2 heterocycles. The first-order valence-electron chi connectivity index (χ1n) is 5.66. The van der Waals surface area contributed by atoms with Gasteiger partial charge in [0.2, 0.25) is 0 Å². The summed E-state index contributed by atoms with van der Waals surface area (Å²) >= 11 is 0. The molecule has 0 radical (unpaired) electrons. The Morgan fingerprint density at radius 1 is 1.08 bits per heavy atom. The monoisotopic (exact) mass is 167 g/mol. The number of nitrogens with zero attached hydrogens (tertiary/aromatic N) is 1. The first-order chi connectivity index (χ1) is 5.92. The maximum Gasteiger partial charge on any atom is 0.0123 e. The molecule has 0 amide bonds. The van der Waals surface area contributed by atoms with Crippen LogP contribution in [0, 0.1) is 5.92 Å². The van der Waals surface area contributed by atoms with Crippen LogP contribution in [0.5, 0.6) is 0 Å². The Balaban J connectivity index is 1.99. The summed E-state index contributed by atoms with van der Waals surface area (Å²) in [7, 11) is 0. The largest absolute Gasteiger partial charge is 0.300 e. The van der Waals surface area contributed by atoms with Crippen molar-refractivity contribution in [1.29, 1.82) is 0 Å². The summed E-state index contributed by atoms with van der Waals surface area (Å²) in [5.74, 6) is 1.03. The van der Waals surface area contributed by atoms with Crippen molar-refractivity contribution in [3.63, 3.8) is 0 Å². The van der Waals surface area contributed by atoms with Crippen molar-refractivity contribution in [3.05, 3.63) is 0 Å². The Morgan fingerprint density at radius 3 is 2.75 bits per heavy atom. The third-order valence-electron chi connectivity index (χ3n) is 3.75. The summed E-state index contributed by atoms with van der Waals surface area (Å²) in [6.45, 7) is 5.14. The highest BCUT2D eigenvalue weighted by Crippen LogP contribution is 2.32. The van der Waals surface area contributed by atoms with Gasteiger partial charge in [-0.15, -0.1) is 0 Å². The number of hydrogen-bond acceptors (Lipinski definition) is 1. The number of fused-ring (bicyclic) bond motifs is 1. The van der Waals surface area contributed by atoms with E-state index in [4.69, 9.17) is 0 Å². The van der Waals surface area contributed by atoms with E-state index >= 15 is 0 Å². The molecule has 0 saturated carbocycles. The van der Waals surface area contributed by atoms with E-state index in [0.717, 1.165) is 12.0 Å². The van der Waals surface area contributed by atoms with Crippen LogP contribution in [-0.2, 0) is 0 Å². The standard InChI is InChI=1S/C11H21N/c1-2-10-6-5-9-12-8-4-3-7-11(10)12/h10-11H,2-9H2,1H3/t10-,11+/m0/s1. The molecule has 0 N–H and O–H groups in total. The van der Waals surface area contributed by atoms with Gasteiger partial charge in [-0.25, -0.2) is 0 Å². The van der Waals surface area contributed by atoms with Crippen LogP contribution in [-0.4, -0.2) is 24.0 Å². The van der Waals surface area contributed by atoms with Gasteiger partial charge >= 0.3 is 0 Å². The predicted molar refractivity (Wildman–Crippen MR) is 52.2 cm³/mol.